The fraction of sp³-hybridized carbons (Fsp3) is 0.923. The number of nitrogens with two attached hydrogens (primary N) is 1. The Morgan fingerprint density at radius 2 is 2.06 bits per heavy atom. The molecule has 0 heterocycles. The molecule has 1 saturated carbocycles. The zero-order valence-electron chi connectivity index (χ0n) is 11.5. The molecule has 4 nitrogen and oxygen atoms in total. The monoisotopic (exact) mass is 278 g/mol. The van der Waals surface area contributed by atoms with Gasteiger partial charge in [0.25, 0.3) is 0 Å². The molecule has 1 rings (SSSR count). The molecule has 0 aromatic carbocycles. The summed E-state index contributed by atoms with van der Waals surface area (Å²) in [7, 11) is 0. The fourth-order valence-electron chi connectivity index (χ4n) is 2.09. The quantitative estimate of drug-likeness (QED) is 0.699. The van der Waals surface area contributed by atoms with Crippen LogP contribution in [-0.2, 0) is 9.53 Å². The highest BCUT2D eigenvalue weighted by Crippen LogP contribution is 2.20. The van der Waals surface area contributed by atoms with E-state index < -0.39 is 6.04 Å². The van der Waals surface area contributed by atoms with Crippen molar-refractivity contribution in [2.45, 2.75) is 58.1 Å². The molecule has 1 aliphatic carbocycles. The van der Waals surface area contributed by atoms with Crippen LogP contribution in [0.25, 0.3) is 0 Å². The summed E-state index contributed by atoms with van der Waals surface area (Å²) in [5.74, 6) is 0.167. The molecule has 0 saturated heterocycles. The predicted octanol–water partition coefficient (Wildman–Crippen LogP) is 1.86. The van der Waals surface area contributed by atoms with Gasteiger partial charge < -0.3 is 15.8 Å². The van der Waals surface area contributed by atoms with Crippen molar-refractivity contribution in [3.63, 3.8) is 0 Å². The number of halogens is 1. The number of rotatable bonds is 7. The number of ether oxygens (including phenoxy) is 1. The molecule has 18 heavy (non-hydrogen) atoms. The van der Waals surface area contributed by atoms with Crippen molar-refractivity contribution < 1.29 is 9.53 Å². The number of carbonyl (C=O) groups is 1. The van der Waals surface area contributed by atoms with E-state index in [4.69, 9.17) is 10.5 Å². The highest BCUT2D eigenvalue weighted by molar-refractivity contribution is 5.85. The van der Waals surface area contributed by atoms with Crippen molar-refractivity contribution in [1.82, 2.24) is 5.32 Å². The van der Waals surface area contributed by atoms with Crippen LogP contribution in [0.3, 0.4) is 0 Å². The summed E-state index contributed by atoms with van der Waals surface area (Å²) in [4.78, 5) is 11.6. The van der Waals surface area contributed by atoms with Crippen molar-refractivity contribution in [1.29, 1.82) is 0 Å². The van der Waals surface area contributed by atoms with Crippen LogP contribution >= 0.6 is 12.4 Å². The Labute approximate surface area is 116 Å². The van der Waals surface area contributed by atoms with Crippen molar-refractivity contribution >= 4 is 18.3 Å². The lowest BCUT2D eigenvalue weighted by atomic mass is 9.99. The van der Waals surface area contributed by atoms with Crippen LogP contribution in [0.15, 0.2) is 0 Å². The van der Waals surface area contributed by atoms with Gasteiger partial charge in [0.15, 0.2) is 0 Å². The van der Waals surface area contributed by atoms with Crippen LogP contribution in [0, 0.1) is 5.92 Å². The van der Waals surface area contributed by atoms with Gasteiger partial charge in [-0.25, -0.2) is 0 Å². The standard InChI is InChI=1S/C13H26N2O2.ClH/c1-3-10(2)12(14)13(16)15-8-9-17-11-6-4-5-7-11;/h10-12H,3-9,14H2,1-2H3,(H,15,16);1H. The van der Waals surface area contributed by atoms with Crippen molar-refractivity contribution in [3.8, 4) is 0 Å². The molecular weight excluding hydrogens is 252 g/mol. The van der Waals surface area contributed by atoms with Crippen LogP contribution in [0.1, 0.15) is 46.0 Å². The predicted molar refractivity (Wildman–Crippen MR) is 75.9 cm³/mol. The molecule has 0 radical (unpaired) electrons. The number of amides is 1. The van der Waals surface area contributed by atoms with Gasteiger partial charge in [-0.2, -0.15) is 0 Å². The highest BCUT2D eigenvalue weighted by Gasteiger charge is 2.19. The van der Waals surface area contributed by atoms with Gasteiger partial charge >= 0.3 is 0 Å². The summed E-state index contributed by atoms with van der Waals surface area (Å²) < 4.78 is 5.66. The topological polar surface area (TPSA) is 64.4 Å². The second kappa shape index (κ2) is 9.59. The van der Waals surface area contributed by atoms with Gasteiger partial charge in [0.05, 0.1) is 18.8 Å². The van der Waals surface area contributed by atoms with Gasteiger partial charge in [-0.1, -0.05) is 33.1 Å². The Kier molecular flexibility index (Phi) is 9.42. The molecule has 0 aliphatic heterocycles. The van der Waals surface area contributed by atoms with E-state index in [1.54, 1.807) is 0 Å². The Hall–Kier alpha value is -0.320. The van der Waals surface area contributed by atoms with E-state index in [0.29, 0.717) is 19.3 Å². The average molecular weight is 279 g/mol. The fourth-order valence-corrected chi connectivity index (χ4v) is 2.09. The zero-order valence-corrected chi connectivity index (χ0v) is 12.3. The lowest BCUT2D eigenvalue weighted by Gasteiger charge is -2.18. The SMILES string of the molecule is CCC(C)C(N)C(=O)NCCOC1CCCC1.Cl. The van der Waals surface area contributed by atoms with Gasteiger partial charge in [0.1, 0.15) is 0 Å². The Balaban J connectivity index is 0.00000289. The van der Waals surface area contributed by atoms with E-state index in [1.165, 1.54) is 25.7 Å². The second-order valence-corrected chi connectivity index (χ2v) is 4.98. The molecule has 0 aromatic heterocycles. The summed E-state index contributed by atoms with van der Waals surface area (Å²) in [5.41, 5.74) is 5.82. The van der Waals surface area contributed by atoms with Gasteiger partial charge in [0.2, 0.25) is 5.91 Å². The van der Waals surface area contributed by atoms with Gasteiger partial charge in [-0.15, -0.1) is 12.4 Å². The number of nitrogens with one attached hydrogen (secondary N) is 1. The highest BCUT2D eigenvalue weighted by atomic mass is 35.5. The van der Waals surface area contributed by atoms with Gasteiger partial charge in [0, 0.05) is 6.54 Å². The zero-order chi connectivity index (χ0) is 12.7. The van der Waals surface area contributed by atoms with E-state index >= 15 is 0 Å². The van der Waals surface area contributed by atoms with Crippen molar-refractivity contribution in [2.24, 2.45) is 11.7 Å². The van der Waals surface area contributed by atoms with Crippen molar-refractivity contribution in [2.75, 3.05) is 13.2 Å². The molecule has 3 N–H and O–H groups in total. The second-order valence-electron chi connectivity index (χ2n) is 4.98. The minimum absolute atomic E-state index is 0. The van der Waals surface area contributed by atoms with E-state index in [0.717, 1.165) is 6.42 Å². The number of hydrogen-bond donors (Lipinski definition) is 2. The minimum atomic E-state index is -0.397. The molecular formula is C13H27ClN2O2. The molecule has 2 unspecified atom stereocenters. The van der Waals surface area contributed by atoms with E-state index in [1.807, 2.05) is 13.8 Å². The third kappa shape index (κ3) is 6.03. The van der Waals surface area contributed by atoms with Crippen LogP contribution in [0.5, 0.6) is 0 Å². The number of carbonyl (C=O) groups excluding carboxylic acids is 1. The first-order valence-corrected chi connectivity index (χ1v) is 6.80. The molecule has 108 valence electrons. The third-order valence-corrected chi connectivity index (χ3v) is 3.62. The number of hydrogen-bond acceptors (Lipinski definition) is 3. The molecule has 0 spiro atoms. The maximum absolute atomic E-state index is 11.6. The normalized spacial score (nSPS) is 19.1. The summed E-state index contributed by atoms with van der Waals surface area (Å²) in [6.07, 6.45) is 6.22. The molecule has 5 heteroatoms. The Bertz CT molecular complexity index is 233. The first-order chi connectivity index (χ1) is 8.15. The van der Waals surface area contributed by atoms with Crippen molar-refractivity contribution in [3.05, 3.63) is 0 Å². The van der Waals surface area contributed by atoms with Crippen LogP contribution in [0.2, 0.25) is 0 Å². The molecule has 1 fully saturated rings. The molecule has 0 bridgehead atoms. The average Bonchev–Trinajstić information content (AvgIpc) is 2.85. The summed E-state index contributed by atoms with van der Waals surface area (Å²) in [5, 5.41) is 2.83. The lowest BCUT2D eigenvalue weighted by Crippen LogP contribution is -2.45. The molecule has 1 aliphatic rings. The minimum Gasteiger partial charge on any atom is -0.376 e. The maximum Gasteiger partial charge on any atom is 0.237 e. The van der Waals surface area contributed by atoms with Gasteiger partial charge in [-0.05, 0) is 18.8 Å². The Morgan fingerprint density at radius 3 is 2.61 bits per heavy atom. The summed E-state index contributed by atoms with van der Waals surface area (Å²) in [6.45, 7) is 5.21. The largest absolute Gasteiger partial charge is 0.376 e. The van der Waals surface area contributed by atoms with Gasteiger partial charge in [-0.3, -0.25) is 4.79 Å². The van der Waals surface area contributed by atoms with Crippen LogP contribution < -0.4 is 11.1 Å². The Morgan fingerprint density at radius 1 is 1.44 bits per heavy atom. The van der Waals surface area contributed by atoms with Crippen LogP contribution in [0.4, 0.5) is 0 Å². The van der Waals surface area contributed by atoms with Crippen LogP contribution in [-0.4, -0.2) is 31.2 Å². The summed E-state index contributed by atoms with van der Waals surface area (Å²) >= 11 is 0. The van der Waals surface area contributed by atoms with E-state index in [9.17, 15) is 4.79 Å². The molecule has 0 aromatic rings. The maximum atomic E-state index is 11.6. The van der Waals surface area contributed by atoms with E-state index in [2.05, 4.69) is 5.32 Å². The van der Waals surface area contributed by atoms with E-state index in [-0.39, 0.29) is 24.2 Å². The first-order valence-electron chi connectivity index (χ1n) is 6.80. The molecule has 1 amide bonds. The smallest absolute Gasteiger partial charge is 0.237 e. The lowest BCUT2D eigenvalue weighted by molar-refractivity contribution is -0.123. The third-order valence-electron chi connectivity index (χ3n) is 3.62. The molecule has 2 atom stereocenters. The summed E-state index contributed by atoms with van der Waals surface area (Å²) in [6, 6.07) is -0.397. The first kappa shape index (κ1) is 17.7.